The molecular formula is C10H14N4O3. The van der Waals surface area contributed by atoms with E-state index in [4.69, 9.17) is 5.11 Å². The van der Waals surface area contributed by atoms with E-state index in [9.17, 15) is 9.59 Å². The summed E-state index contributed by atoms with van der Waals surface area (Å²) in [6.07, 6.45) is 2.74. The summed E-state index contributed by atoms with van der Waals surface area (Å²) in [6, 6.07) is 1.31. The lowest BCUT2D eigenvalue weighted by molar-refractivity contribution is -0.140. The Morgan fingerprint density at radius 1 is 1.59 bits per heavy atom. The molecule has 0 bridgehead atoms. The van der Waals surface area contributed by atoms with Crippen LogP contribution in [0.1, 0.15) is 18.5 Å². The summed E-state index contributed by atoms with van der Waals surface area (Å²) in [5.74, 6) is -0.981. The Balaban J connectivity index is 1.80. The molecule has 0 aromatic carbocycles. The number of amides is 2. The largest absolute Gasteiger partial charge is 0.480 e. The number of carbonyl (C=O) groups is 2. The maximum absolute atomic E-state index is 11.5. The van der Waals surface area contributed by atoms with Crippen molar-refractivity contribution in [1.29, 1.82) is 0 Å². The van der Waals surface area contributed by atoms with Crippen molar-refractivity contribution in [3.63, 3.8) is 0 Å². The first-order valence-electron chi connectivity index (χ1n) is 5.30. The van der Waals surface area contributed by atoms with Crippen molar-refractivity contribution in [3.8, 4) is 0 Å². The second-order valence-electron chi connectivity index (χ2n) is 4.18. The molecule has 0 radical (unpaired) electrons. The third kappa shape index (κ3) is 2.55. The van der Waals surface area contributed by atoms with Crippen LogP contribution in [0.25, 0.3) is 0 Å². The molecule has 0 atom stereocenters. The van der Waals surface area contributed by atoms with Crippen LogP contribution in [-0.2, 0) is 18.4 Å². The minimum absolute atomic E-state index is 0.280. The highest BCUT2D eigenvalue weighted by atomic mass is 16.4. The molecule has 1 aromatic heterocycles. The second kappa shape index (κ2) is 4.08. The van der Waals surface area contributed by atoms with Gasteiger partial charge in [0.25, 0.3) is 0 Å². The number of nitrogens with zero attached hydrogens (tertiary/aromatic N) is 2. The fourth-order valence-corrected chi connectivity index (χ4v) is 1.51. The summed E-state index contributed by atoms with van der Waals surface area (Å²) in [5, 5.41) is 18.0. The average Bonchev–Trinajstić information content (AvgIpc) is 2.92. The molecule has 1 fully saturated rings. The standard InChI is InChI=1S/C10H14N4O3/c1-14-5-2-7(13-14)6-11-9(17)12-10(3-4-10)8(15)16/h2,5H,3-4,6H2,1H3,(H,15,16)(H2,11,12,17). The van der Waals surface area contributed by atoms with E-state index < -0.39 is 17.5 Å². The van der Waals surface area contributed by atoms with Crippen LogP contribution in [0.15, 0.2) is 12.3 Å². The average molecular weight is 238 g/mol. The van der Waals surface area contributed by atoms with Gasteiger partial charge in [-0.15, -0.1) is 0 Å². The zero-order valence-electron chi connectivity index (χ0n) is 9.43. The van der Waals surface area contributed by atoms with Crippen LogP contribution in [0.2, 0.25) is 0 Å². The van der Waals surface area contributed by atoms with E-state index in [1.165, 1.54) is 0 Å². The van der Waals surface area contributed by atoms with Crippen molar-refractivity contribution in [1.82, 2.24) is 20.4 Å². The van der Waals surface area contributed by atoms with Crippen LogP contribution >= 0.6 is 0 Å². The maximum atomic E-state index is 11.5. The van der Waals surface area contributed by atoms with Crippen LogP contribution in [0.3, 0.4) is 0 Å². The third-order valence-corrected chi connectivity index (χ3v) is 2.71. The topological polar surface area (TPSA) is 96.2 Å². The lowest BCUT2D eigenvalue weighted by Crippen LogP contribution is -2.47. The van der Waals surface area contributed by atoms with Crippen molar-refractivity contribution in [2.24, 2.45) is 7.05 Å². The summed E-state index contributed by atoms with van der Waals surface area (Å²) in [6.45, 7) is 0.280. The highest BCUT2D eigenvalue weighted by Gasteiger charge is 2.51. The molecule has 1 aromatic rings. The van der Waals surface area contributed by atoms with Gasteiger partial charge in [0.05, 0.1) is 12.2 Å². The first kappa shape index (κ1) is 11.4. The second-order valence-corrected chi connectivity index (χ2v) is 4.18. The fourth-order valence-electron chi connectivity index (χ4n) is 1.51. The van der Waals surface area contributed by atoms with Crippen LogP contribution in [-0.4, -0.2) is 32.4 Å². The van der Waals surface area contributed by atoms with Crippen molar-refractivity contribution in [2.75, 3.05) is 0 Å². The first-order chi connectivity index (χ1) is 8.02. The Hall–Kier alpha value is -2.05. The molecule has 0 aliphatic heterocycles. The number of hydrogen-bond acceptors (Lipinski definition) is 3. The van der Waals surface area contributed by atoms with Gasteiger partial charge in [-0.05, 0) is 18.9 Å². The molecule has 3 N–H and O–H groups in total. The van der Waals surface area contributed by atoms with Gasteiger partial charge < -0.3 is 15.7 Å². The molecule has 2 amide bonds. The SMILES string of the molecule is Cn1ccc(CNC(=O)NC2(C(=O)O)CC2)n1. The number of rotatable bonds is 4. The van der Waals surface area contributed by atoms with E-state index in [1.54, 1.807) is 24.0 Å². The molecule has 0 unspecified atom stereocenters. The van der Waals surface area contributed by atoms with E-state index in [-0.39, 0.29) is 6.54 Å². The molecule has 92 valence electrons. The molecular weight excluding hydrogens is 224 g/mol. The molecule has 1 saturated carbocycles. The van der Waals surface area contributed by atoms with Gasteiger partial charge in [-0.3, -0.25) is 4.68 Å². The molecule has 7 heteroatoms. The van der Waals surface area contributed by atoms with Gasteiger partial charge in [-0.1, -0.05) is 0 Å². The van der Waals surface area contributed by atoms with E-state index in [0.29, 0.717) is 12.8 Å². The summed E-state index contributed by atoms with van der Waals surface area (Å²) >= 11 is 0. The quantitative estimate of drug-likeness (QED) is 0.679. The summed E-state index contributed by atoms with van der Waals surface area (Å²) in [7, 11) is 1.78. The molecule has 0 spiro atoms. The van der Waals surface area contributed by atoms with Gasteiger partial charge in [-0.2, -0.15) is 5.10 Å². The lowest BCUT2D eigenvalue weighted by Gasteiger charge is -2.12. The zero-order valence-corrected chi connectivity index (χ0v) is 9.43. The summed E-state index contributed by atoms with van der Waals surface area (Å²) in [4.78, 5) is 22.3. The molecule has 17 heavy (non-hydrogen) atoms. The van der Waals surface area contributed by atoms with Crippen LogP contribution in [0, 0.1) is 0 Å². The van der Waals surface area contributed by atoms with E-state index in [1.807, 2.05) is 0 Å². The first-order valence-corrected chi connectivity index (χ1v) is 5.30. The Kier molecular flexibility index (Phi) is 2.74. The van der Waals surface area contributed by atoms with Gasteiger partial charge in [0.1, 0.15) is 5.54 Å². The van der Waals surface area contributed by atoms with Crippen LogP contribution < -0.4 is 10.6 Å². The summed E-state index contributed by atoms with van der Waals surface area (Å²) < 4.78 is 1.63. The molecule has 1 aliphatic rings. The van der Waals surface area contributed by atoms with E-state index >= 15 is 0 Å². The van der Waals surface area contributed by atoms with Gasteiger partial charge in [0, 0.05) is 13.2 Å². The van der Waals surface area contributed by atoms with Crippen molar-refractivity contribution in [2.45, 2.75) is 24.9 Å². The lowest BCUT2D eigenvalue weighted by atomic mass is 10.3. The number of carboxylic acids is 1. The summed E-state index contributed by atoms with van der Waals surface area (Å²) in [5.41, 5.74) is -0.323. The number of urea groups is 1. The predicted molar refractivity (Wildman–Crippen MR) is 58.2 cm³/mol. The van der Waals surface area contributed by atoms with Crippen LogP contribution in [0.4, 0.5) is 4.79 Å². The van der Waals surface area contributed by atoms with E-state index in [0.717, 1.165) is 5.69 Å². The predicted octanol–water partition coefficient (Wildman–Crippen LogP) is -0.164. The zero-order chi connectivity index (χ0) is 12.5. The van der Waals surface area contributed by atoms with Crippen LogP contribution in [0.5, 0.6) is 0 Å². The molecule has 1 aliphatic carbocycles. The molecule has 2 rings (SSSR count). The highest BCUT2D eigenvalue weighted by Crippen LogP contribution is 2.35. The molecule has 0 saturated heterocycles. The monoisotopic (exact) mass is 238 g/mol. The molecule has 1 heterocycles. The number of aromatic nitrogens is 2. The minimum Gasteiger partial charge on any atom is -0.480 e. The fraction of sp³-hybridized carbons (Fsp3) is 0.500. The highest BCUT2D eigenvalue weighted by molar-refractivity contribution is 5.88. The number of nitrogens with one attached hydrogen (secondary N) is 2. The number of aryl methyl sites for hydroxylation is 1. The van der Waals surface area contributed by atoms with Gasteiger partial charge in [0.2, 0.25) is 0 Å². The normalized spacial score (nSPS) is 16.3. The number of carbonyl (C=O) groups excluding carboxylic acids is 1. The van der Waals surface area contributed by atoms with Gasteiger partial charge in [-0.25, -0.2) is 9.59 Å². The van der Waals surface area contributed by atoms with Crippen molar-refractivity contribution >= 4 is 12.0 Å². The number of hydrogen-bond donors (Lipinski definition) is 3. The minimum atomic E-state index is -1.05. The van der Waals surface area contributed by atoms with Gasteiger partial charge in [0.15, 0.2) is 0 Å². The Bertz CT molecular complexity index is 450. The van der Waals surface area contributed by atoms with Crippen molar-refractivity contribution in [3.05, 3.63) is 18.0 Å². The Morgan fingerprint density at radius 2 is 2.29 bits per heavy atom. The Labute approximate surface area is 97.8 Å². The smallest absolute Gasteiger partial charge is 0.329 e. The maximum Gasteiger partial charge on any atom is 0.329 e. The van der Waals surface area contributed by atoms with Crippen molar-refractivity contribution < 1.29 is 14.7 Å². The van der Waals surface area contributed by atoms with Gasteiger partial charge >= 0.3 is 12.0 Å². The third-order valence-electron chi connectivity index (χ3n) is 2.71. The Morgan fingerprint density at radius 3 is 2.76 bits per heavy atom. The molecule has 7 nitrogen and oxygen atoms in total. The van der Waals surface area contributed by atoms with E-state index in [2.05, 4.69) is 15.7 Å². The number of aliphatic carboxylic acids is 1. The number of carboxylic acid groups (broad SMARTS) is 1.